The number of methoxy groups -OCH3 is 2. The molecule has 0 atom stereocenters. The average molecular weight is 392 g/mol. The quantitative estimate of drug-likeness (QED) is 0.630. The standard InChI is InChI=1S/C24H28N2O3/c1-27-23-5-3-4-19(24(23)28-2)16-26-20-7-10-21(11-8-20)29-22-9-6-18-15-25-13-12-17(18)14-22/h3-6,9,12-15,20-21,26H,7-8,10-11,16H2,1-2H3. The minimum Gasteiger partial charge on any atom is -0.493 e. The van der Waals surface area contributed by atoms with Gasteiger partial charge in [0.25, 0.3) is 0 Å². The molecule has 1 aliphatic rings. The number of para-hydroxylation sites is 1. The minimum atomic E-state index is 0.277. The van der Waals surface area contributed by atoms with Crippen LogP contribution in [0.15, 0.2) is 54.9 Å². The van der Waals surface area contributed by atoms with Crippen LogP contribution in [0.2, 0.25) is 0 Å². The van der Waals surface area contributed by atoms with E-state index in [1.165, 1.54) is 5.39 Å². The maximum absolute atomic E-state index is 6.26. The number of rotatable bonds is 7. The van der Waals surface area contributed by atoms with E-state index < -0.39 is 0 Å². The number of nitrogens with zero attached hydrogens (tertiary/aromatic N) is 1. The summed E-state index contributed by atoms with van der Waals surface area (Å²) in [5.74, 6) is 2.53. The van der Waals surface area contributed by atoms with Crippen LogP contribution in [-0.2, 0) is 6.54 Å². The first-order valence-electron chi connectivity index (χ1n) is 10.2. The van der Waals surface area contributed by atoms with Crippen molar-refractivity contribution in [2.75, 3.05) is 14.2 Å². The van der Waals surface area contributed by atoms with E-state index in [1.54, 1.807) is 14.2 Å². The van der Waals surface area contributed by atoms with Crippen LogP contribution in [0.4, 0.5) is 0 Å². The summed E-state index contributed by atoms with van der Waals surface area (Å²) in [6, 6.07) is 14.8. The lowest BCUT2D eigenvalue weighted by Crippen LogP contribution is -2.36. The zero-order valence-corrected chi connectivity index (χ0v) is 17.1. The van der Waals surface area contributed by atoms with E-state index in [9.17, 15) is 0 Å². The van der Waals surface area contributed by atoms with Gasteiger partial charge in [-0.1, -0.05) is 12.1 Å². The number of fused-ring (bicyclic) bond motifs is 1. The lowest BCUT2D eigenvalue weighted by Gasteiger charge is -2.30. The monoisotopic (exact) mass is 392 g/mol. The summed E-state index contributed by atoms with van der Waals surface area (Å²) >= 11 is 0. The molecule has 3 aromatic rings. The third-order valence-electron chi connectivity index (χ3n) is 5.65. The van der Waals surface area contributed by atoms with E-state index in [0.29, 0.717) is 6.04 Å². The van der Waals surface area contributed by atoms with Crippen LogP contribution in [0.25, 0.3) is 10.8 Å². The summed E-state index contributed by atoms with van der Waals surface area (Å²) in [6.45, 7) is 0.773. The van der Waals surface area contributed by atoms with Crippen molar-refractivity contribution in [1.29, 1.82) is 0 Å². The molecule has 152 valence electrons. The first kappa shape index (κ1) is 19.5. The number of pyridine rings is 1. The van der Waals surface area contributed by atoms with Gasteiger partial charge in [0.2, 0.25) is 0 Å². The Morgan fingerprint density at radius 1 is 0.966 bits per heavy atom. The van der Waals surface area contributed by atoms with Crippen LogP contribution in [0.1, 0.15) is 31.2 Å². The molecule has 1 saturated carbocycles. The van der Waals surface area contributed by atoms with Crippen molar-refractivity contribution >= 4 is 10.8 Å². The molecule has 1 heterocycles. The zero-order chi connectivity index (χ0) is 20.1. The topological polar surface area (TPSA) is 52.6 Å². The van der Waals surface area contributed by atoms with E-state index in [0.717, 1.165) is 60.4 Å². The highest BCUT2D eigenvalue weighted by Gasteiger charge is 2.22. The van der Waals surface area contributed by atoms with Crippen LogP contribution in [0.5, 0.6) is 17.2 Å². The van der Waals surface area contributed by atoms with Crippen LogP contribution in [0.3, 0.4) is 0 Å². The molecule has 0 radical (unpaired) electrons. The van der Waals surface area contributed by atoms with E-state index in [2.05, 4.69) is 28.5 Å². The summed E-state index contributed by atoms with van der Waals surface area (Å²) in [4.78, 5) is 4.16. The van der Waals surface area contributed by atoms with Gasteiger partial charge in [-0.05, 0) is 61.4 Å². The molecule has 29 heavy (non-hydrogen) atoms. The van der Waals surface area contributed by atoms with Crippen molar-refractivity contribution in [3.8, 4) is 17.2 Å². The van der Waals surface area contributed by atoms with Crippen molar-refractivity contribution in [3.63, 3.8) is 0 Å². The van der Waals surface area contributed by atoms with Gasteiger partial charge in [0, 0.05) is 35.9 Å². The molecule has 1 aromatic heterocycles. The van der Waals surface area contributed by atoms with Gasteiger partial charge in [0.1, 0.15) is 5.75 Å². The summed E-state index contributed by atoms with van der Waals surface area (Å²) in [5.41, 5.74) is 1.12. The molecule has 0 spiro atoms. The molecule has 5 nitrogen and oxygen atoms in total. The Hall–Kier alpha value is -2.79. The van der Waals surface area contributed by atoms with Gasteiger partial charge in [-0.15, -0.1) is 0 Å². The Kier molecular flexibility index (Phi) is 6.15. The Morgan fingerprint density at radius 3 is 2.62 bits per heavy atom. The molecule has 0 bridgehead atoms. The number of aromatic nitrogens is 1. The molecule has 2 aromatic carbocycles. The van der Waals surface area contributed by atoms with Crippen LogP contribution in [0, 0.1) is 0 Å². The van der Waals surface area contributed by atoms with E-state index in [1.807, 2.05) is 36.7 Å². The molecule has 5 heteroatoms. The van der Waals surface area contributed by atoms with Crippen molar-refractivity contribution in [2.45, 2.75) is 44.4 Å². The van der Waals surface area contributed by atoms with Gasteiger partial charge in [0.15, 0.2) is 11.5 Å². The lowest BCUT2D eigenvalue weighted by atomic mass is 9.92. The number of ether oxygens (including phenoxy) is 3. The second-order valence-corrected chi connectivity index (χ2v) is 7.51. The molecule has 1 aliphatic carbocycles. The normalized spacial score (nSPS) is 19.1. The number of nitrogens with one attached hydrogen (secondary N) is 1. The molecule has 0 aliphatic heterocycles. The van der Waals surface area contributed by atoms with Gasteiger partial charge in [-0.3, -0.25) is 4.98 Å². The molecular weight excluding hydrogens is 364 g/mol. The average Bonchev–Trinajstić information content (AvgIpc) is 2.78. The highest BCUT2D eigenvalue weighted by atomic mass is 16.5. The van der Waals surface area contributed by atoms with E-state index in [4.69, 9.17) is 14.2 Å². The maximum atomic E-state index is 6.26. The van der Waals surface area contributed by atoms with Crippen LogP contribution >= 0.6 is 0 Å². The number of hydrogen-bond acceptors (Lipinski definition) is 5. The molecule has 0 unspecified atom stereocenters. The second kappa shape index (κ2) is 9.14. The third-order valence-corrected chi connectivity index (χ3v) is 5.65. The molecule has 0 amide bonds. The Morgan fingerprint density at radius 2 is 1.83 bits per heavy atom. The fourth-order valence-electron chi connectivity index (χ4n) is 4.06. The van der Waals surface area contributed by atoms with Crippen LogP contribution < -0.4 is 19.5 Å². The second-order valence-electron chi connectivity index (χ2n) is 7.51. The van der Waals surface area contributed by atoms with E-state index >= 15 is 0 Å². The largest absolute Gasteiger partial charge is 0.493 e. The lowest BCUT2D eigenvalue weighted by molar-refractivity contribution is 0.139. The van der Waals surface area contributed by atoms with Gasteiger partial charge < -0.3 is 19.5 Å². The Balaban J connectivity index is 1.29. The molecule has 4 rings (SSSR count). The molecule has 0 saturated heterocycles. The predicted octanol–water partition coefficient (Wildman–Crippen LogP) is 4.73. The van der Waals surface area contributed by atoms with Crippen LogP contribution in [-0.4, -0.2) is 31.3 Å². The van der Waals surface area contributed by atoms with Crippen molar-refractivity contribution in [2.24, 2.45) is 0 Å². The van der Waals surface area contributed by atoms with E-state index in [-0.39, 0.29) is 6.10 Å². The van der Waals surface area contributed by atoms with Gasteiger partial charge in [0.05, 0.1) is 20.3 Å². The first-order valence-corrected chi connectivity index (χ1v) is 10.2. The summed E-state index contributed by atoms with van der Waals surface area (Å²) < 4.78 is 17.2. The third kappa shape index (κ3) is 4.62. The maximum Gasteiger partial charge on any atom is 0.165 e. The predicted molar refractivity (Wildman–Crippen MR) is 115 cm³/mol. The first-order chi connectivity index (χ1) is 14.3. The Bertz CT molecular complexity index is 952. The molecule has 1 N–H and O–H groups in total. The fourth-order valence-corrected chi connectivity index (χ4v) is 4.06. The SMILES string of the molecule is COc1cccc(CNC2CCC(Oc3ccc4cnccc4c3)CC2)c1OC. The highest BCUT2D eigenvalue weighted by Crippen LogP contribution is 2.31. The number of hydrogen-bond donors (Lipinski definition) is 1. The number of benzene rings is 2. The smallest absolute Gasteiger partial charge is 0.165 e. The van der Waals surface area contributed by atoms with Crippen molar-refractivity contribution in [1.82, 2.24) is 10.3 Å². The Labute approximate surface area is 172 Å². The molecular formula is C24H28N2O3. The highest BCUT2D eigenvalue weighted by molar-refractivity contribution is 5.82. The zero-order valence-electron chi connectivity index (χ0n) is 17.1. The summed E-state index contributed by atoms with van der Waals surface area (Å²) in [5, 5.41) is 5.98. The minimum absolute atomic E-state index is 0.277. The van der Waals surface area contributed by atoms with Gasteiger partial charge in [-0.25, -0.2) is 0 Å². The summed E-state index contributed by atoms with van der Waals surface area (Å²) in [7, 11) is 3.36. The summed E-state index contributed by atoms with van der Waals surface area (Å²) in [6.07, 6.45) is 8.30. The van der Waals surface area contributed by atoms with Crippen molar-refractivity contribution < 1.29 is 14.2 Å². The molecule has 1 fully saturated rings. The fraction of sp³-hybridized carbons (Fsp3) is 0.375. The van der Waals surface area contributed by atoms with Crippen molar-refractivity contribution in [3.05, 3.63) is 60.4 Å². The van der Waals surface area contributed by atoms with Gasteiger partial charge in [-0.2, -0.15) is 0 Å². The van der Waals surface area contributed by atoms with Gasteiger partial charge >= 0.3 is 0 Å².